The third-order valence-corrected chi connectivity index (χ3v) is 8.00. The van der Waals surface area contributed by atoms with Crippen molar-refractivity contribution in [2.75, 3.05) is 18.7 Å². The molecule has 0 saturated carbocycles. The molecule has 1 aromatic heterocycles. The van der Waals surface area contributed by atoms with Crippen LogP contribution in [0.5, 0.6) is 5.75 Å². The molecule has 0 radical (unpaired) electrons. The Hall–Kier alpha value is -3.83. The van der Waals surface area contributed by atoms with E-state index in [1.54, 1.807) is 45.0 Å². The lowest BCUT2D eigenvalue weighted by atomic mass is 9.95. The van der Waals surface area contributed by atoms with Gasteiger partial charge in [-0.3, -0.25) is 14.2 Å². The van der Waals surface area contributed by atoms with Gasteiger partial charge in [0.2, 0.25) is 0 Å². The third-order valence-electron chi connectivity index (χ3n) is 6.50. The minimum atomic E-state index is -0.843. The number of allylic oxidation sites excluding steroid dienone is 1. The van der Waals surface area contributed by atoms with Crippen LogP contribution in [0.3, 0.4) is 0 Å². The summed E-state index contributed by atoms with van der Waals surface area (Å²) in [4.78, 5) is 45.4. The largest absolute Gasteiger partial charge is 0.496 e. The number of hydrazone groups is 1. The number of nitrogens with zero attached hydrogens (tertiary/aromatic N) is 4. The molecule has 2 aliphatic rings. The molecule has 0 bridgehead atoms. The summed E-state index contributed by atoms with van der Waals surface area (Å²) < 4.78 is 13.5. The van der Waals surface area contributed by atoms with Gasteiger partial charge in [0.05, 0.1) is 40.9 Å². The van der Waals surface area contributed by atoms with E-state index in [0.29, 0.717) is 37.7 Å². The second-order valence-electron chi connectivity index (χ2n) is 8.92. The van der Waals surface area contributed by atoms with Crippen LogP contribution < -0.4 is 24.6 Å². The Bertz CT molecular complexity index is 1720. The molecule has 2 aromatic carbocycles. The highest BCUT2D eigenvalue weighted by Gasteiger charge is 2.37. The number of rotatable bonds is 6. The molecule has 0 N–H and O–H groups in total. The van der Waals surface area contributed by atoms with Crippen LogP contribution >= 0.6 is 27.3 Å². The number of amides is 1. The Morgan fingerprint density at radius 1 is 1.15 bits per heavy atom. The second kappa shape index (κ2) is 10.7. The molecule has 9 nitrogen and oxygen atoms in total. The maximum Gasteiger partial charge on any atom is 0.338 e. The summed E-state index contributed by atoms with van der Waals surface area (Å²) in [6.07, 6.45) is 1.63. The number of fused-ring (bicyclic) bond motifs is 1. The fraction of sp³-hybridized carbons (Fsp3) is 0.250. The van der Waals surface area contributed by atoms with Crippen LogP contribution in [-0.4, -0.2) is 35.9 Å². The maximum atomic E-state index is 14.0. The smallest absolute Gasteiger partial charge is 0.338 e. The predicted molar refractivity (Wildman–Crippen MR) is 153 cm³/mol. The van der Waals surface area contributed by atoms with Crippen molar-refractivity contribution >= 4 is 56.6 Å². The average Bonchev–Trinajstić information content (AvgIpc) is 3.38. The highest BCUT2D eigenvalue weighted by molar-refractivity contribution is 9.10. The molecule has 1 amide bonds. The van der Waals surface area contributed by atoms with Crippen LogP contribution in [0.4, 0.5) is 5.69 Å². The molecule has 200 valence electrons. The fourth-order valence-corrected chi connectivity index (χ4v) is 6.13. The molecule has 0 unspecified atom stereocenters. The van der Waals surface area contributed by atoms with Crippen molar-refractivity contribution in [2.45, 2.75) is 26.8 Å². The molecular formula is C28H25BrN4O5S. The van der Waals surface area contributed by atoms with E-state index < -0.39 is 17.9 Å². The maximum absolute atomic E-state index is 14.0. The summed E-state index contributed by atoms with van der Waals surface area (Å²) in [5.41, 5.74) is 2.13. The van der Waals surface area contributed by atoms with Crippen LogP contribution in [0.1, 0.15) is 32.4 Å². The Morgan fingerprint density at radius 2 is 1.90 bits per heavy atom. The van der Waals surface area contributed by atoms with Gasteiger partial charge < -0.3 is 9.47 Å². The molecule has 39 heavy (non-hydrogen) atoms. The van der Waals surface area contributed by atoms with Crippen molar-refractivity contribution in [3.8, 4) is 5.75 Å². The fourth-order valence-electron chi connectivity index (χ4n) is 4.70. The first-order valence-electron chi connectivity index (χ1n) is 12.2. The Morgan fingerprint density at radius 3 is 2.59 bits per heavy atom. The molecule has 0 saturated heterocycles. The number of ether oxygens (including phenoxy) is 2. The van der Waals surface area contributed by atoms with Gasteiger partial charge in [0, 0.05) is 10.0 Å². The third kappa shape index (κ3) is 4.76. The number of halogens is 1. The minimum Gasteiger partial charge on any atom is -0.496 e. The molecule has 3 aromatic rings. The Balaban J connectivity index is 1.67. The molecule has 5 rings (SSSR count). The number of benzene rings is 2. The molecule has 2 aliphatic heterocycles. The average molecular weight is 610 g/mol. The summed E-state index contributed by atoms with van der Waals surface area (Å²) >= 11 is 4.66. The van der Waals surface area contributed by atoms with Crippen molar-refractivity contribution in [3.63, 3.8) is 0 Å². The Labute approximate surface area is 236 Å². The van der Waals surface area contributed by atoms with E-state index >= 15 is 0 Å². The minimum absolute atomic E-state index is 0.169. The van der Waals surface area contributed by atoms with E-state index in [1.807, 2.05) is 30.3 Å². The van der Waals surface area contributed by atoms with Crippen LogP contribution in [-0.2, 0) is 14.3 Å². The molecule has 2 atom stereocenters. The number of para-hydroxylation sites is 1. The molecule has 0 fully saturated rings. The zero-order valence-electron chi connectivity index (χ0n) is 21.7. The first kappa shape index (κ1) is 26.8. The number of aromatic nitrogens is 1. The van der Waals surface area contributed by atoms with Crippen molar-refractivity contribution in [3.05, 3.63) is 89.5 Å². The zero-order valence-corrected chi connectivity index (χ0v) is 24.1. The van der Waals surface area contributed by atoms with Gasteiger partial charge in [-0.15, -0.1) is 0 Å². The monoisotopic (exact) mass is 608 g/mol. The summed E-state index contributed by atoms with van der Waals surface area (Å²) in [7, 11) is 1.53. The van der Waals surface area contributed by atoms with E-state index in [1.165, 1.54) is 16.7 Å². The summed E-state index contributed by atoms with van der Waals surface area (Å²) in [6, 6.07) is 13.7. The molecule has 3 heterocycles. The summed E-state index contributed by atoms with van der Waals surface area (Å²) in [5.74, 6) is -1.02. The lowest BCUT2D eigenvalue weighted by Crippen LogP contribution is -2.40. The number of esters is 1. The molecule has 11 heteroatoms. The number of hydrogen-bond donors (Lipinski definition) is 0. The van der Waals surface area contributed by atoms with Crippen molar-refractivity contribution in [1.29, 1.82) is 0 Å². The normalized spacial score (nSPS) is 19.1. The second-order valence-corrected chi connectivity index (χ2v) is 10.8. The summed E-state index contributed by atoms with van der Waals surface area (Å²) in [6.45, 7) is 5.37. The van der Waals surface area contributed by atoms with Gasteiger partial charge in [-0.2, -0.15) is 10.1 Å². The number of anilines is 1. The molecule has 0 spiro atoms. The molecular weight excluding hydrogens is 584 g/mol. The Kier molecular flexibility index (Phi) is 7.37. The highest BCUT2D eigenvalue weighted by Crippen LogP contribution is 2.37. The van der Waals surface area contributed by atoms with Crippen molar-refractivity contribution in [1.82, 2.24) is 4.57 Å². The number of carbonyl (C=O) groups excluding carboxylic acids is 2. The van der Waals surface area contributed by atoms with Crippen LogP contribution in [0.2, 0.25) is 0 Å². The molecule has 0 aliphatic carbocycles. The van der Waals surface area contributed by atoms with Crippen molar-refractivity contribution in [2.24, 2.45) is 16.0 Å². The lowest BCUT2D eigenvalue weighted by molar-refractivity contribution is -0.139. The van der Waals surface area contributed by atoms with Crippen LogP contribution in [0.25, 0.3) is 6.08 Å². The van der Waals surface area contributed by atoms with E-state index in [9.17, 15) is 14.4 Å². The number of methoxy groups -OCH3 is 1. The van der Waals surface area contributed by atoms with Gasteiger partial charge in [0.1, 0.15) is 17.7 Å². The van der Waals surface area contributed by atoms with Gasteiger partial charge in [0.15, 0.2) is 4.80 Å². The van der Waals surface area contributed by atoms with Gasteiger partial charge >= 0.3 is 5.97 Å². The van der Waals surface area contributed by atoms with E-state index in [0.717, 1.165) is 15.8 Å². The number of carbonyl (C=O) groups is 2. The van der Waals surface area contributed by atoms with Crippen LogP contribution in [0, 0.1) is 5.92 Å². The zero-order chi connectivity index (χ0) is 27.8. The van der Waals surface area contributed by atoms with E-state index in [2.05, 4.69) is 26.0 Å². The first-order valence-corrected chi connectivity index (χ1v) is 13.8. The highest BCUT2D eigenvalue weighted by atomic mass is 79.9. The predicted octanol–water partition coefficient (Wildman–Crippen LogP) is 3.56. The lowest BCUT2D eigenvalue weighted by Gasteiger charge is -2.26. The van der Waals surface area contributed by atoms with Crippen LogP contribution in [0.15, 0.2) is 79.2 Å². The van der Waals surface area contributed by atoms with Gasteiger partial charge in [0.25, 0.3) is 11.5 Å². The standard InChI is InChI=1S/C28H25BrN4O5S/c1-5-38-27(36)23-16(3)30-28-32(24(23)20-13-17(29)11-12-21(20)37-4)26(35)22(39-28)14-19-15(2)31-33(25(19)34)18-9-7-6-8-10-18/h6-14,19,24H,5H2,1-4H3/b22-14-/t19-,24-/m1/s1. The first-order chi connectivity index (χ1) is 18.7. The van der Waals surface area contributed by atoms with E-state index in [-0.39, 0.29) is 23.6 Å². The van der Waals surface area contributed by atoms with Gasteiger partial charge in [-0.25, -0.2) is 9.79 Å². The topological polar surface area (TPSA) is 103 Å². The van der Waals surface area contributed by atoms with Crippen molar-refractivity contribution < 1.29 is 19.1 Å². The number of hydrogen-bond acceptors (Lipinski definition) is 8. The number of thiazole rings is 1. The van der Waals surface area contributed by atoms with Gasteiger partial charge in [-0.05, 0) is 57.2 Å². The quantitative estimate of drug-likeness (QED) is 0.398. The van der Waals surface area contributed by atoms with Gasteiger partial charge in [-0.1, -0.05) is 45.5 Å². The SMILES string of the molecule is CCOC(=O)C1=C(C)N=c2s/c(=C\[C@H]3C(=O)N(c4ccccc4)N=C3C)c(=O)n2[C@@H]1c1cc(Br)ccc1OC. The summed E-state index contributed by atoms with van der Waals surface area (Å²) in [5, 5.41) is 5.79. The van der Waals surface area contributed by atoms with E-state index in [4.69, 9.17) is 9.47 Å².